The highest BCUT2D eigenvalue weighted by Gasteiger charge is 2.22. The van der Waals surface area contributed by atoms with E-state index < -0.39 is 0 Å². The first-order chi connectivity index (χ1) is 10.3. The number of para-hydroxylation sites is 1. The zero-order valence-corrected chi connectivity index (χ0v) is 12.5. The van der Waals surface area contributed by atoms with Crippen LogP contribution in [0.15, 0.2) is 28.7 Å². The van der Waals surface area contributed by atoms with Crippen LogP contribution in [-0.2, 0) is 4.74 Å². The van der Waals surface area contributed by atoms with Crippen LogP contribution in [0.2, 0.25) is 0 Å². The normalized spacial score (nSPS) is 22.2. The molecule has 3 rings (SSSR count). The summed E-state index contributed by atoms with van der Waals surface area (Å²) in [6.07, 6.45) is 3.47. The Balaban J connectivity index is 1.79. The van der Waals surface area contributed by atoms with Crippen molar-refractivity contribution in [2.24, 2.45) is 0 Å². The molecule has 0 saturated carbocycles. The van der Waals surface area contributed by atoms with E-state index in [1.54, 1.807) is 6.92 Å². The molecule has 1 saturated heterocycles. The molecule has 1 aliphatic heterocycles. The third-order valence-electron chi connectivity index (χ3n) is 3.87. The van der Waals surface area contributed by atoms with Crippen LogP contribution in [0.4, 0.5) is 5.69 Å². The summed E-state index contributed by atoms with van der Waals surface area (Å²) in [5.74, 6) is 1.15. The molecule has 0 spiro atoms. The van der Waals surface area contributed by atoms with Crippen LogP contribution >= 0.6 is 0 Å². The van der Waals surface area contributed by atoms with Gasteiger partial charge in [-0.15, -0.1) is 10.2 Å². The van der Waals surface area contributed by atoms with Crippen molar-refractivity contribution in [2.75, 3.05) is 11.9 Å². The zero-order valence-electron chi connectivity index (χ0n) is 12.5. The second-order valence-electron chi connectivity index (χ2n) is 5.44. The third kappa shape index (κ3) is 3.24. The van der Waals surface area contributed by atoms with Crippen molar-refractivity contribution >= 4 is 5.69 Å². The molecule has 0 bridgehead atoms. The standard InChI is InChI=1S/C16H21N3O2/c1-3-13-10-12(8-9-20-13)17-15-7-5-4-6-14(15)16-19-18-11(2)21-16/h4-7,12-13,17H,3,8-10H2,1-2H3. The van der Waals surface area contributed by atoms with Crippen molar-refractivity contribution in [1.82, 2.24) is 10.2 Å². The molecular weight excluding hydrogens is 266 g/mol. The summed E-state index contributed by atoms with van der Waals surface area (Å²) in [6.45, 7) is 4.79. The van der Waals surface area contributed by atoms with Gasteiger partial charge >= 0.3 is 0 Å². The van der Waals surface area contributed by atoms with Crippen molar-refractivity contribution in [1.29, 1.82) is 0 Å². The fraction of sp³-hybridized carbons (Fsp3) is 0.500. The van der Waals surface area contributed by atoms with E-state index in [-0.39, 0.29) is 0 Å². The van der Waals surface area contributed by atoms with Crippen molar-refractivity contribution in [3.05, 3.63) is 30.2 Å². The number of hydrogen-bond donors (Lipinski definition) is 1. The highest BCUT2D eigenvalue weighted by molar-refractivity contribution is 5.72. The molecule has 5 nitrogen and oxygen atoms in total. The number of anilines is 1. The second kappa shape index (κ2) is 6.26. The van der Waals surface area contributed by atoms with Gasteiger partial charge in [-0.25, -0.2) is 0 Å². The van der Waals surface area contributed by atoms with Crippen molar-refractivity contribution in [3.8, 4) is 11.5 Å². The van der Waals surface area contributed by atoms with Crippen molar-refractivity contribution in [2.45, 2.75) is 45.3 Å². The average Bonchev–Trinajstić information content (AvgIpc) is 2.94. The van der Waals surface area contributed by atoms with Crippen LogP contribution < -0.4 is 5.32 Å². The monoisotopic (exact) mass is 287 g/mol. The molecule has 1 aromatic heterocycles. The maximum absolute atomic E-state index is 5.73. The highest BCUT2D eigenvalue weighted by Crippen LogP contribution is 2.29. The SMILES string of the molecule is CCC1CC(Nc2ccccc2-c2nnc(C)o2)CCO1. The molecule has 0 aliphatic carbocycles. The molecule has 2 aromatic rings. The maximum Gasteiger partial charge on any atom is 0.249 e. The van der Waals surface area contributed by atoms with Gasteiger partial charge in [0.15, 0.2) is 0 Å². The first-order valence-electron chi connectivity index (χ1n) is 7.54. The van der Waals surface area contributed by atoms with E-state index in [2.05, 4.69) is 28.5 Å². The Morgan fingerprint density at radius 3 is 2.90 bits per heavy atom. The molecule has 21 heavy (non-hydrogen) atoms. The van der Waals surface area contributed by atoms with E-state index in [1.807, 2.05) is 18.2 Å². The number of ether oxygens (including phenoxy) is 1. The fourth-order valence-corrected chi connectivity index (χ4v) is 2.72. The lowest BCUT2D eigenvalue weighted by Crippen LogP contribution is -2.33. The molecule has 0 radical (unpaired) electrons. The Hall–Kier alpha value is -1.88. The van der Waals surface area contributed by atoms with Gasteiger partial charge < -0.3 is 14.5 Å². The number of nitrogens with one attached hydrogen (secondary N) is 1. The molecule has 1 aromatic carbocycles. The quantitative estimate of drug-likeness (QED) is 0.933. The summed E-state index contributed by atoms with van der Waals surface area (Å²) >= 11 is 0. The number of nitrogens with zero attached hydrogens (tertiary/aromatic N) is 2. The van der Waals surface area contributed by atoms with Crippen LogP contribution in [0.5, 0.6) is 0 Å². The van der Waals surface area contributed by atoms with Crippen molar-refractivity contribution in [3.63, 3.8) is 0 Å². The van der Waals surface area contributed by atoms with Crippen LogP contribution in [0.1, 0.15) is 32.1 Å². The van der Waals surface area contributed by atoms with E-state index in [0.717, 1.165) is 37.1 Å². The summed E-state index contributed by atoms with van der Waals surface area (Å²) in [5.41, 5.74) is 2.00. The van der Waals surface area contributed by atoms with E-state index >= 15 is 0 Å². The van der Waals surface area contributed by atoms with Crippen LogP contribution in [-0.4, -0.2) is 29.0 Å². The van der Waals surface area contributed by atoms with Gasteiger partial charge in [0.1, 0.15) is 0 Å². The maximum atomic E-state index is 5.73. The predicted molar refractivity (Wildman–Crippen MR) is 81.1 cm³/mol. The highest BCUT2D eigenvalue weighted by atomic mass is 16.5. The van der Waals surface area contributed by atoms with E-state index in [0.29, 0.717) is 23.9 Å². The molecule has 2 unspecified atom stereocenters. The van der Waals surface area contributed by atoms with Gasteiger partial charge in [0.2, 0.25) is 11.8 Å². The van der Waals surface area contributed by atoms with Gasteiger partial charge in [-0.05, 0) is 31.4 Å². The van der Waals surface area contributed by atoms with Gasteiger partial charge in [0.25, 0.3) is 0 Å². The Morgan fingerprint density at radius 1 is 1.29 bits per heavy atom. The van der Waals surface area contributed by atoms with Gasteiger partial charge in [-0.1, -0.05) is 19.1 Å². The minimum atomic E-state index is 0.356. The van der Waals surface area contributed by atoms with Crippen molar-refractivity contribution < 1.29 is 9.15 Å². The molecule has 1 aliphatic rings. The van der Waals surface area contributed by atoms with E-state index in [1.165, 1.54) is 0 Å². The van der Waals surface area contributed by atoms with Gasteiger partial charge in [-0.3, -0.25) is 0 Å². The first-order valence-corrected chi connectivity index (χ1v) is 7.54. The van der Waals surface area contributed by atoms with Gasteiger partial charge in [-0.2, -0.15) is 0 Å². The molecule has 1 fully saturated rings. The number of aryl methyl sites for hydroxylation is 1. The summed E-state index contributed by atoms with van der Waals surface area (Å²) in [5, 5.41) is 11.6. The molecule has 2 heterocycles. The Morgan fingerprint density at radius 2 is 2.14 bits per heavy atom. The zero-order chi connectivity index (χ0) is 14.7. The molecule has 5 heteroatoms. The molecule has 2 atom stereocenters. The minimum Gasteiger partial charge on any atom is -0.421 e. The lowest BCUT2D eigenvalue weighted by atomic mass is 10.0. The number of hydrogen-bond acceptors (Lipinski definition) is 5. The van der Waals surface area contributed by atoms with Gasteiger partial charge in [0, 0.05) is 25.3 Å². The topological polar surface area (TPSA) is 60.2 Å². The number of benzene rings is 1. The molecule has 112 valence electrons. The van der Waals surface area contributed by atoms with Crippen LogP contribution in [0.3, 0.4) is 0 Å². The van der Waals surface area contributed by atoms with E-state index in [4.69, 9.17) is 9.15 Å². The third-order valence-corrected chi connectivity index (χ3v) is 3.87. The summed E-state index contributed by atoms with van der Waals surface area (Å²) in [4.78, 5) is 0. The van der Waals surface area contributed by atoms with Gasteiger partial charge in [0.05, 0.1) is 11.7 Å². The van der Waals surface area contributed by atoms with Crippen LogP contribution in [0.25, 0.3) is 11.5 Å². The second-order valence-corrected chi connectivity index (χ2v) is 5.44. The van der Waals surface area contributed by atoms with E-state index in [9.17, 15) is 0 Å². The summed E-state index contributed by atoms with van der Waals surface area (Å²) in [7, 11) is 0. The fourth-order valence-electron chi connectivity index (χ4n) is 2.72. The smallest absolute Gasteiger partial charge is 0.249 e. The number of rotatable bonds is 4. The lowest BCUT2D eigenvalue weighted by Gasteiger charge is -2.30. The Labute approximate surface area is 124 Å². The largest absolute Gasteiger partial charge is 0.421 e. The summed E-state index contributed by atoms with van der Waals surface area (Å²) in [6, 6.07) is 8.50. The Kier molecular flexibility index (Phi) is 4.20. The minimum absolute atomic E-state index is 0.356. The molecule has 0 amide bonds. The molecule has 1 N–H and O–H groups in total. The average molecular weight is 287 g/mol. The Bertz CT molecular complexity index is 597. The first kappa shape index (κ1) is 14.1. The number of aromatic nitrogens is 2. The van der Waals surface area contributed by atoms with Crippen LogP contribution in [0, 0.1) is 6.92 Å². The lowest BCUT2D eigenvalue weighted by molar-refractivity contribution is 0.00926. The predicted octanol–water partition coefficient (Wildman–Crippen LogP) is 3.41. The molecular formula is C16H21N3O2. The summed E-state index contributed by atoms with van der Waals surface area (Å²) < 4.78 is 11.3.